The van der Waals surface area contributed by atoms with Gasteiger partial charge in [0.1, 0.15) is 11.6 Å². The number of rotatable bonds is 7. The highest BCUT2D eigenvalue weighted by atomic mass is 19.1. The second kappa shape index (κ2) is 9.86. The van der Waals surface area contributed by atoms with E-state index in [0.717, 1.165) is 25.3 Å². The van der Waals surface area contributed by atoms with Crippen LogP contribution in [-0.4, -0.2) is 40.0 Å². The number of amides is 1. The van der Waals surface area contributed by atoms with Gasteiger partial charge >= 0.3 is 0 Å². The number of hydrogen-bond donors (Lipinski definition) is 4. The van der Waals surface area contributed by atoms with Crippen LogP contribution in [0.2, 0.25) is 0 Å². The number of nitrogens with zero attached hydrogens (tertiary/aromatic N) is 3. The average molecular weight is 470 g/mol. The molecular formula is C26H24FN7O. The lowest BCUT2D eigenvalue weighted by molar-refractivity contribution is -0.111. The van der Waals surface area contributed by atoms with Gasteiger partial charge in [-0.15, -0.1) is 0 Å². The van der Waals surface area contributed by atoms with Gasteiger partial charge in [0.05, 0.1) is 17.4 Å². The Morgan fingerprint density at radius 3 is 2.80 bits per heavy atom. The lowest BCUT2D eigenvalue weighted by Crippen LogP contribution is -2.22. The molecule has 176 valence electrons. The zero-order valence-corrected chi connectivity index (χ0v) is 18.9. The van der Waals surface area contributed by atoms with E-state index in [-0.39, 0.29) is 5.91 Å². The van der Waals surface area contributed by atoms with Crippen LogP contribution in [0.5, 0.6) is 0 Å². The van der Waals surface area contributed by atoms with E-state index >= 15 is 4.39 Å². The van der Waals surface area contributed by atoms with Crippen molar-refractivity contribution in [1.29, 1.82) is 0 Å². The molecule has 0 unspecified atom stereocenters. The van der Waals surface area contributed by atoms with E-state index in [2.05, 4.69) is 42.8 Å². The molecule has 5 rings (SSSR count). The standard InChI is InChI=1S/C26H24FN7O/c1-2-23(35)32-18-5-3-4-16(12-18)24-21(27)8-6-17-13-30-26(34-25(17)24)33-19-7-9-22(29-15-19)31-20-10-11-28-14-20/h2-9,12-13,15,20,28H,1,10-11,14H2,(H,29,31)(H,32,35)(H,30,33,34)/t20-/m0/s1. The molecule has 2 aromatic heterocycles. The van der Waals surface area contributed by atoms with Gasteiger partial charge in [0.15, 0.2) is 0 Å². The molecule has 4 N–H and O–H groups in total. The molecule has 1 aliphatic heterocycles. The summed E-state index contributed by atoms with van der Waals surface area (Å²) in [6.07, 6.45) is 5.60. The molecule has 0 bridgehead atoms. The fraction of sp³-hybridized carbons (Fsp3) is 0.154. The molecule has 0 spiro atoms. The maximum atomic E-state index is 15.0. The topological polar surface area (TPSA) is 104 Å². The minimum absolute atomic E-state index is 0.322. The molecule has 0 saturated carbocycles. The van der Waals surface area contributed by atoms with Gasteiger partial charge in [-0.25, -0.2) is 19.3 Å². The summed E-state index contributed by atoms with van der Waals surface area (Å²) in [5.74, 6) is 0.358. The van der Waals surface area contributed by atoms with Crippen molar-refractivity contribution in [2.75, 3.05) is 29.0 Å². The summed E-state index contributed by atoms with van der Waals surface area (Å²) < 4.78 is 15.0. The molecule has 1 saturated heterocycles. The van der Waals surface area contributed by atoms with Crippen molar-refractivity contribution < 1.29 is 9.18 Å². The quantitative estimate of drug-likeness (QED) is 0.296. The largest absolute Gasteiger partial charge is 0.366 e. The van der Waals surface area contributed by atoms with Crippen LogP contribution in [-0.2, 0) is 4.79 Å². The molecule has 9 heteroatoms. The highest BCUT2D eigenvalue weighted by molar-refractivity contribution is 6.00. The van der Waals surface area contributed by atoms with Gasteiger partial charge in [0.25, 0.3) is 0 Å². The highest BCUT2D eigenvalue weighted by Crippen LogP contribution is 2.32. The number of hydrogen-bond acceptors (Lipinski definition) is 7. The van der Waals surface area contributed by atoms with Gasteiger partial charge in [-0.2, -0.15) is 0 Å². The second-order valence-corrected chi connectivity index (χ2v) is 8.22. The molecule has 0 aliphatic carbocycles. The van der Waals surface area contributed by atoms with Crippen LogP contribution >= 0.6 is 0 Å². The summed E-state index contributed by atoms with van der Waals surface area (Å²) in [4.78, 5) is 25.1. The summed E-state index contributed by atoms with van der Waals surface area (Å²) in [6, 6.07) is 14.1. The predicted molar refractivity (Wildman–Crippen MR) is 136 cm³/mol. The van der Waals surface area contributed by atoms with Crippen LogP contribution in [0.1, 0.15) is 6.42 Å². The molecule has 1 fully saturated rings. The number of nitrogens with one attached hydrogen (secondary N) is 4. The average Bonchev–Trinajstić information content (AvgIpc) is 3.38. The summed E-state index contributed by atoms with van der Waals surface area (Å²) in [5.41, 5.74) is 2.61. The molecular weight excluding hydrogens is 445 g/mol. The Labute approximate surface area is 201 Å². The third-order valence-corrected chi connectivity index (χ3v) is 5.74. The molecule has 35 heavy (non-hydrogen) atoms. The zero-order valence-electron chi connectivity index (χ0n) is 18.9. The lowest BCUT2D eigenvalue weighted by atomic mass is 10.0. The van der Waals surface area contributed by atoms with Crippen LogP contribution in [0, 0.1) is 5.82 Å². The van der Waals surface area contributed by atoms with Crippen molar-refractivity contribution in [3.05, 3.63) is 79.4 Å². The Morgan fingerprint density at radius 1 is 1.11 bits per heavy atom. The molecule has 1 aliphatic rings. The number of aromatic nitrogens is 3. The molecule has 0 radical (unpaired) electrons. The minimum Gasteiger partial charge on any atom is -0.366 e. The number of carbonyl (C=O) groups is 1. The van der Waals surface area contributed by atoms with Gasteiger partial charge in [0, 0.05) is 35.4 Å². The molecule has 3 heterocycles. The second-order valence-electron chi connectivity index (χ2n) is 8.22. The van der Waals surface area contributed by atoms with Gasteiger partial charge in [-0.3, -0.25) is 4.79 Å². The van der Waals surface area contributed by atoms with E-state index < -0.39 is 5.82 Å². The summed E-state index contributed by atoms with van der Waals surface area (Å²) in [5, 5.41) is 13.3. The Hall–Kier alpha value is -4.37. The van der Waals surface area contributed by atoms with Crippen molar-refractivity contribution in [2.24, 2.45) is 0 Å². The maximum Gasteiger partial charge on any atom is 0.247 e. The van der Waals surface area contributed by atoms with Gasteiger partial charge in [-0.1, -0.05) is 18.7 Å². The van der Waals surface area contributed by atoms with Crippen molar-refractivity contribution in [2.45, 2.75) is 12.5 Å². The summed E-state index contributed by atoms with van der Waals surface area (Å²) >= 11 is 0. The Balaban J connectivity index is 1.43. The van der Waals surface area contributed by atoms with Crippen molar-refractivity contribution >= 4 is 40.0 Å². The number of halogens is 1. The SMILES string of the molecule is C=CC(=O)Nc1cccc(-c2c(F)ccc3cnc(Nc4ccc(N[C@H]5CCNC5)nc4)nc23)c1. The molecule has 4 aromatic rings. The molecule has 2 aromatic carbocycles. The van der Waals surface area contributed by atoms with Crippen molar-refractivity contribution in [1.82, 2.24) is 20.3 Å². The lowest BCUT2D eigenvalue weighted by Gasteiger charge is -2.13. The molecule has 1 amide bonds. The summed E-state index contributed by atoms with van der Waals surface area (Å²) in [7, 11) is 0. The van der Waals surface area contributed by atoms with Gasteiger partial charge in [0.2, 0.25) is 11.9 Å². The van der Waals surface area contributed by atoms with Crippen molar-refractivity contribution in [3.63, 3.8) is 0 Å². The van der Waals surface area contributed by atoms with E-state index in [1.54, 1.807) is 42.7 Å². The first-order valence-electron chi connectivity index (χ1n) is 11.3. The summed E-state index contributed by atoms with van der Waals surface area (Å²) in [6.45, 7) is 5.39. The predicted octanol–water partition coefficient (Wildman–Crippen LogP) is 4.47. The number of fused-ring (bicyclic) bond motifs is 1. The Bertz CT molecular complexity index is 1380. The number of pyridine rings is 1. The van der Waals surface area contributed by atoms with Crippen LogP contribution in [0.15, 0.2) is 73.6 Å². The van der Waals surface area contributed by atoms with Gasteiger partial charge < -0.3 is 21.3 Å². The Morgan fingerprint density at radius 2 is 2.03 bits per heavy atom. The van der Waals surface area contributed by atoms with E-state index in [9.17, 15) is 4.79 Å². The van der Waals surface area contributed by atoms with Crippen LogP contribution < -0.4 is 21.3 Å². The third-order valence-electron chi connectivity index (χ3n) is 5.74. The fourth-order valence-corrected chi connectivity index (χ4v) is 4.02. The first kappa shape index (κ1) is 22.4. The fourth-order valence-electron chi connectivity index (χ4n) is 4.02. The number of anilines is 4. The van der Waals surface area contributed by atoms with Crippen LogP contribution in [0.4, 0.5) is 27.5 Å². The zero-order chi connectivity index (χ0) is 24.2. The van der Waals surface area contributed by atoms with Crippen LogP contribution in [0.3, 0.4) is 0 Å². The van der Waals surface area contributed by atoms with Gasteiger partial charge in [-0.05, 0) is 61.0 Å². The van der Waals surface area contributed by atoms with E-state index in [4.69, 9.17) is 0 Å². The van der Waals surface area contributed by atoms with E-state index in [1.165, 1.54) is 12.1 Å². The first-order valence-corrected chi connectivity index (χ1v) is 11.3. The third kappa shape index (κ3) is 5.10. The molecule has 8 nitrogen and oxygen atoms in total. The van der Waals surface area contributed by atoms with Crippen molar-refractivity contribution in [3.8, 4) is 11.1 Å². The van der Waals surface area contributed by atoms with E-state index in [1.807, 2.05) is 12.1 Å². The first-order chi connectivity index (χ1) is 17.1. The highest BCUT2D eigenvalue weighted by Gasteiger charge is 2.15. The minimum atomic E-state index is -0.423. The normalized spacial score (nSPS) is 15.1. The maximum absolute atomic E-state index is 15.0. The van der Waals surface area contributed by atoms with E-state index in [0.29, 0.717) is 45.4 Å². The Kier molecular flexibility index (Phi) is 6.32. The monoisotopic (exact) mass is 469 g/mol. The number of carbonyl (C=O) groups excluding carboxylic acids is 1. The number of benzene rings is 2. The van der Waals surface area contributed by atoms with Crippen LogP contribution in [0.25, 0.3) is 22.0 Å². The smallest absolute Gasteiger partial charge is 0.247 e. The molecule has 1 atom stereocenters.